The minimum atomic E-state index is 0.0925. The minimum Gasteiger partial charge on any atom is -0.464 e. The van der Waals surface area contributed by atoms with E-state index in [9.17, 15) is 4.79 Å². The first-order chi connectivity index (χ1) is 7.09. The molecule has 0 aliphatic rings. The van der Waals surface area contributed by atoms with Crippen molar-refractivity contribution < 1.29 is 4.42 Å². The lowest BCUT2D eigenvalue weighted by Gasteiger charge is -2.05. The smallest absolute Gasteiger partial charge is 0.196 e. The van der Waals surface area contributed by atoms with Crippen LogP contribution in [0, 0.1) is 6.92 Å². The summed E-state index contributed by atoms with van der Waals surface area (Å²) in [5.41, 5.74) is 2.58. The van der Waals surface area contributed by atoms with Crippen LogP contribution in [0.25, 0.3) is 11.0 Å². The van der Waals surface area contributed by atoms with Crippen LogP contribution in [0.2, 0.25) is 0 Å². The Kier molecular flexibility index (Phi) is 2.35. The van der Waals surface area contributed by atoms with E-state index >= 15 is 0 Å². The molecule has 0 aliphatic carbocycles. The van der Waals surface area contributed by atoms with Gasteiger partial charge in [-0.25, -0.2) is 0 Å². The number of aryl methyl sites for hydroxylation is 1. The molecule has 0 N–H and O–H groups in total. The van der Waals surface area contributed by atoms with E-state index in [-0.39, 0.29) is 11.3 Å². The van der Waals surface area contributed by atoms with Gasteiger partial charge in [-0.1, -0.05) is 25.5 Å². The Morgan fingerprint density at radius 1 is 1.27 bits per heavy atom. The van der Waals surface area contributed by atoms with Crippen molar-refractivity contribution in [3.8, 4) is 0 Å². The fraction of sp³-hybridized carbons (Fsp3) is 0.308. The second-order valence-corrected chi connectivity index (χ2v) is 4.17. The maximum absolute atomic E-state index is 12.1. The van der Waals surface area contributed by atoms with Crippen LogP contribution in [-0.4, -0.2) is 0 Å². The van der Waals surface area contributed by atoms with E-state index in [1.807, 2.05) is 39.0 Å². The zero-order valence-electron chi connectivity index (χ0n) is 9.20. The molecule has 2 aromatic rings. The van der Waals surface area contributed by atoms with E-state index < -0.39 is 0 Å². The van der Waals surface area contributed by atoms with Crippen LogP contribution in [0.3, 0.4) is 0 Å². The maximum atomic E-state index is 12.1. The number of rotatable bonds is 1. The van der Waals surface area contributed by atoms with Crippen LogP contribution in [0.4, 0.5) is 0 Å². The molecule has 15 heavy (non-hydrogen) atoms. The molecular weight excluding hydrogens is 188 g/mol. The molecule has 0 radical (unpaired) electrons. The Morgan fingerprint density at radius 3 is 2.67 bits per heavy atom. The summed E-state index contributed by atoms with van der Waals surface area (Å²) in [5.74, 6) is 0.200. The highest BCUT2D eigenvalue weighted by molar-refractivity contribution is 5.77. The summed E-state index contributed by atoms with van der Waals surface area (Å²) in [6, 6.07) is 5.67. The van der Waals surface area contributed by atoms with Gasteiger partial charge in [-0.15, -0.1) is 0 Å². The topological polar surface area (TPSA) is 30.2 Å². The molecule has 1 aromatic heterocycles. The third-order valence-electron chi connectivity index (χ3n) is 2.58. The van der Waals surface area contributed by atoms with Gasteiger partial charge in [-0.3, -0.25) is 4.79 Å². The lowest BCUT2D eigenvalue weighted by molar-refractivity contribution is 0.586. The van der Waals surface area contributed by atoms with Crippen molar-refractivity contribution in [3.05, 3.63) is 45.8 Å². The summed E-state index contributed by atoms with van der Waals surface area (Å²) >= 11 is 0. The van der Waals surface area contributed by atoms with Crippen molar-refractivity contribution in [2.24, 2.45) is 0 Å². The second kappa shape index (κ2) is 3.54. The van der Waals surface area contributed by atoms with E-state index in [4.69, 9.17) is 4.42 Å². The first kappa shape index (κ1) is 9.97. The summed E-state index contributed by atoms with van der Waals surface area (Å²) in [6.07, 6.45) is 1.57. The summed E-state index contributed by atoms with van der Waals surface area (Å²) in [6.45, 7) is 5.96. The monoisotopic (exact) mass is 202 g/mol. The molecule has 1 aromatic carbocycles. The molecule has 0 atom stereocenters. The quantitative estimate of drug-likeness (QED) is 0.710. The second-order valence-electron chi connectivity index (χ2n) is 4.17. The first-order valence-electron chi connectivity index (χ1n) is 5.11. The Balaban J connectivity index is 2.83. The highest BCUT2D eigenvalue weighted by Gasteiger charge is 2.09. The molecule has 0 saturated heterocycles. The molecule has 0 saturated carbocycles. The molecule has 0 amide bonds. The molecule has 0 unspecified atom stereocenters. The highest BCUT2D eigenvalue weighted by atomic mass is 16.3. The van der Waals surface area contributed by atoms with Gasteiger partial charge in [0.1, 0.15) is 5.58 Å². The van der Waals surface area contributed by atoms with Crippen LogP contribution in [-0.2, 0) is 0 Å². The molecule has 0 bridgehead atoms. The molecule has 2 nitrogen and oxygen atoms in total. The largest absolute Gasteiger partial charge is 0.464 e. The summed E-state index contributed by atoms with van der Waals surface area (Å²) in [5, 5.41) is 0.682. The zero-order chi connectivity index (χ0) is 11.0. The Hall–Kier alpha value is -1.57. The maximum Gasteiger partial charge on any atom is 0.196 e. The van der Waals surface area contributed by atoms with E-state index in [0.29, 0.717) is 11.0 Å². The minimum absolute atomic E-state index is 0.0925. The standard InChI is InChI=1S/C13H14O2/c1-8(2)11-7-15-12-5-4-9(3)6-10(12)13(11)14/h4-8H,1-3H3. The Morgan fingerprint density at radius 2 is 2.00 bits per heavy atom. The Labute approximate surface area is 88.5 Å². The van der Waals surface area contributed by atoms with Gasteiger partial charge in [0.25, 0.3) is 0 Å². The average Bonchev–Trinajstić information content (AvgIpc) is 2.19. The van der Waals surface area contributed by atoms with Crippen LogP contribution in [0.15, 0.2) is 33.7 Å². The fourth-order valence-electron chi connectivity index (χ4n) is 1.66. The molecule has 0 fully saturated rings. The molecule has 0 spiro atoms. The summed E-state index contributed by atoms with van der Waals surface area (Å²) < 4.78 is 5.44. The molecule has 78 valence electrons. The van der Waals surface area contributed by atoms with E-state index in [0.717, 1.165) is 11.1 Å². The van der Waals surface area contributed by atoms with Crippen molar-refractivity contribution in [1.29, 1.82) is 0 Å². The summed E-state index contributed by atoms with van der Waals surface area (Å²) in [7, 11) is 0. The predicted octanol–water partition coefficient (Wildman–Crippen LogP) is 3.22. The van der Waals surface area contributed by atoms with Crippen molar-refractivity contribution >= 4 is 11.0 Å². The fourth-order valence-corrected chi connectivity index (χ4v) is 1.66. The zero-order valence-corrected chi connectivity index (χ0v) is 9.20. The van der Waals surface area contributed by atoms with Gasteiger partial charge in [0, 0.05) is 5.56 Å². The summed E-state index contributed by atoms with van der Waals surface area (Å²) in [4.78, 5) is 12.1. The normalized spacial score (nSPS) is 11.2. The van der Waals surface area contributed by atoms with Crippen molar-refractivity contribution in [2.45, 2.75) is 26.7 Å². The van der Waals surface area contributed by atoms with Crippen molar-refractivity contribution in [1.82, 2.24) is 0 Å². The number of hydrogen-bond donors (Lipinski definition) is 0. The van der Waals surface area contributed by atoms with Gasteiger partial charge in [0.05, 0.1) is 11.6 Å². The first-order valence-corrected chi connectivity index (χ1v) is 5.11. The van der Waals surface area contributed by atoms with Gasteiger partial charge in [0.15, 0.2) is 5.43 Å². The third-order valence-corrected chi connectivity index (χ3v) is 2.58. The van der Waals surface area contributed by atoms with Gasteiger partial charge in [-0.2, -0.15) is 0 Å². The van der Waals surface area contributed by atoms with E-state index in [1.54, 1.807) is 6.26 Å². The lowest BCUT2D eigenvalue weighted by Crippen LogP contribution is -2.09. The predicted molar refractivity (Wildman–Crippen MR) is 61.3 cm³/mol. The lowest BCUT2D eigenvalue weighted by atomic mass is 10.0. The average molecular weight is 202 g/mol. The Bertz CT molecular complexity index is 550. The third kappa shape index (κ3) is 1.67. The number of benzene rings is 1. The van der Waals surface area contributed by atoms with Crippen molar-refractivity contribution in [2.75, 3.05) is 0 Å². The number of hydrogen-bond acceptors (Lipinski definition) is 2. The number of fused-ring (bicyclic) bond motifs is 1. The molecular formula is C13H14O2. The molecule has 2 rings (SSSR count). The van der Waals surface area contributed by atoms with E-state index in [2.05, 4.69) is 0 Å². The van der Waals surface area contributed by atoms with Crippen LogP contribution in [0.1, 0.15) is 30.9 Å². The van der Waals surface area contributed by atoms with Gasteiger partial charge in [-0.05, 0) is 25.0 Å². The molecule has 1 heterocycles. The van der Waals surface area contributed by atoms with Crippen LogP contribution in [0.5, 0.6) is 0 Å². The van der Waals surface area contributed by atoms with Crippen molar-refractivity contribution in [3.63, 3.8) is 0 Å². The van der Waals surface area contributed by atoms with Gasteiger partial charge < -0.3 is 4.42 Å². The van der Waals surface area contributed by atoms with E-state index in [1.165, 1.54) is 0 Å². The molecule has 2 heteroatoms. The highest BCUT2D eigenvalue weighted by Crippen LogP contribution is 2.17. The molecule has 0 aliphatic heterocycles. The van der Waals surface area contributed by atoms with Crippen LogP contribution >= 0.6 is 0 Å². The van der Waals surface area contributed by atoms with Crippen LogP contribution < -0.4 is 5.43 Å². The van der Waals surface area contributed by atoms with Gasteiger partial charge in [0.2, 0.25) is 0 Å². The SMILES string of the molecule is Cc1ccc2occ(C(C)C)c(=O)c2c1. The van der Waals surface area contributed by atoms with Gasteiger partial charge >= 0.3 is 0 Å².